The minimum absolute atomic E-state index is 0.000831. The van der Waals surface area contributed by atoms with E-state index in [2.05, 4.69) is 5.32 Å². The fourth-order valence-corrected chi connectivity index (χ4v) is 0.792. The van der Waals surface area contributed by atoms with Gasteiger partial charge in [-0.2, -0.15) is 0 Å². The Hall–Kier alpha value is -0.650. The van der Waals surface area contributed by atoms with Crippen LogP contribution in [0.4, 0.5) is 0 Å². The largest absolute Gasteiger partial charge is 0.393 e. The smallest absolute Gasteiger partial charge is 0.220 e. The van der Waals surface area contributed by atoms with Gasteiger partial charge in [0.2, 0.25) is 5.91 Å². The van der Waals surface area contributed by atoms with Crippen molar-refractivity contribution < 1.29 is 15.0 Å². The van der Waals surface area contributed by atoms with Gasteiger partial charge in [0.15, 0.2) is 0 Å². The van der Waals surface area contributed by atoms with Crippen molar-refractivity contribution in [2.24, 2.45) is 5.73 Å². The second kappa shape index (κ2) is 5.95. The molecule has 0 heterocycles. The molecular weight excluding hydrogens is 184 g/mol. The highest BCUT2D eigenvalue weighted by atomic mass is 16.3. The van der Waals surface area contributed by atoms with Gasteiger partial charge in [-0.1, -0.05) is 0 Å². The third-order valence-corrected chi connectivity index (χ3v) is 1.83. The summed E-state index contributed by atoms with van der Waals surface area (Å²) < 4.78 is 0. The van der Waals surface area contributed by atoms with Gasteiger partial charge < -0.3 is 21.3 Å². The lowest BCUT2D eigenvalue weighted by molar-refractivity contribution is -0.122. The topological polar surface area (TPSA) is 95.6 Å². The molecule has 0 saturated carbocycles. The standard InChI is InChI=1S/C9H20N2O3/c1-7(10)3-4-8(13)11-5-9(2,14)6-12/h7,12,14H,3-6,10H2,1-2H3,(H,11,13). The number of nitrogens with one attached hydrogen (secondary N) is 1. The molecule has 2 atom stereocenters. The lowest BCUT2D eigenvalue weighted by atomic mass is 10.1. The highest BCUT2D eigenvalue weighted by Gasteiger charge is 2.19. The maximum atomic E-state index is 11.2. The number of amides is 1. The predicted octanol–water partition coefficient (Wildman–Crippen LogP) is -1.03. The van der Waals surface area contributed by atoms with Crippen molar-refractivity contribution in [1.29, 1.82) is 0 Å². The Morgan fingerprint density at radius 2 is 2.21 bits per heavy atom. The van der Waals surface area contributed by atoms with Gasteiger partial charge in [0.25, 0.3) is 0 Å². The lowest BCUT2D eigenvalue weighted by Gasteiger charge is -2.20. The third kappa shape index (κ3) is 6.82. The molecule has 5 nitrogen and oxygen atoms in total. The fourth-order valence-electron chi connectivity index (χ4n) is 0.792. The second-order valence-corrected chi connectivity index (χ2v) is 3.95. The van der Waals surface area contributed by atoms with Crippen LogP contribution in [0.2, 0.25) is 0 Å². The van der Waals surface area contributed by atoms with Crippen LogP contribution in [0.5, 0.6) is 0 Å². The van der Waals surface area contributed by atoms with Crippen LogP contribution in [0.3, 0.4) is 0 Å². The summed E-state index contributed by atoms with van der Waals surface area (Å²) >= 11 is 0. The zero-order chi connectivity index (χ0) is 11.2. The first-order valence-electron chi connectivity index (χ1n) is 4.73. The van der Waals surface area contributed by atoms with Crippen molar-refractivity contribution in [3.8, 4) is 0 Å². The van der Waals surface area contributed by atoms with E-state index in [1.807, 2.05) is 6.92 Å². The monoisotopic (exact) mass is 204 g/mol. The van der Waals surface area contributed by atoms with Crippen LogP contribution in [-0.4, -0.2) is 40.9 Å². The van der Waals surface area contributed by atoms with E-state index >= 15 is 0 Å². The molecule has 0 aromatic heterocycles. The molecule has 5 heteroatoms. The summed E-state index contributed by atoms with van der Waals surface area (Å²) in [6.45, 7) is 2.97. The molecule has 5 N–H and O–H groups in total. The van der Waals surface area contributed by atoms with Crippen molar-refractivity contribution >= 4 is 5.91 Å². The molecule has 0 fully saturated rings. The molecule has 0 spiro atoms. The van der Waals surface area contributed by atoms with E-state index in [1.54, 1.807) is 0 Å². The van der Waals surface area contributed by atoms with Gasteiger partial charge in [0.05, 0.1) is 6.61 Å². The molecule has 0 saturated heterocycles. The van der Waals surface area contributed by atoms with E-state index < -0.39 is 5.60 Å². The Morgan fingerprint density at radius 3 is 2.64 bits per heavy atom. The van der Waals surface area contributed by atoms with Gasteiger partial charge in [0.1, 0.15) is 5.60 Å². The minimum atomic E-state index is -1.25. The van der Waals surface area contributed by atoms with Crippen molar-refractivity contribution in [2.75, 3.05) is 13.2 Å². The van der Waals surface area contributed by atoms with E-state index in [-0.39, 0.29) is 25.1 Å². The summed E-state index contributed by atoms with van der Waals surface area (Å²) in [4.78, 5) is 11.2. The second-order valence-electron chi connectivity index (χ2n) is 3.95. The molecule has 0 aliphatic rings. The molecule has 1 amide bonds. The minimum Gasteiger partial charge on any atom is -0.393 e. The van der Waals surface area contributed by atoms with E-state index in [0.717, 1.165) is 0 Å². The Morgan fingerprint density at radius 1 is 1.64 bits per heavy atom. The first-order valence-corrected chi connectivity index (χ1v) is 4.73. The van der Waals surface area contributed by atoms with Gasteiger partial charge in [-0.3, -0.25) is 4.79 Å². The van der Waals surface area contributed by atoms with Crippen LogP contribution < -0.4 is 11.1 Å². The summed E-state index contributed by atoms with van der Waals surface area (Å²) in [5.74, 6) is -0.156. The van der Waals surface area contributed by atoms with Crippen LogP contribution >= 0.6 is 0 Å². The van der Waals surface area contributed by atoms with Crippen LogP contribution in [0.25, 0.3) is 0 Å². The van der Waals surface area contributed by atoms with E-state index in [9.17, 15) is 9.90 Å². The summed E-state index contributed by atoms with van der Waals surface area (Å²) in [5.41, 5.74) is 4.23. The molecule has 0 aromatic carbocycles. The SMILES string of the molecule is CC(N)CCC(=O)NCC(C)(O)CO. The van der Waals surface area contributed by atoms with Gasteiger partial charge >= 0.3 is 0 Å². The highest BCUT2D eigenvalue weighted by Crippen LogP contribution is 1.99. The number of hydrogen-bond acceptors (Lipinski definition) is 4. The van der Waals surface area contributed by atoms with Crippen LogP contribution in [0, 0.1) is 0 Å². The first kappa shape index (κ1) is 13.4. The van der Waals surface area contributed by atoms with E-state index in [0.29, 0.717) is 12.8 Å². The summed E-state index contributed by atoms with van der Waals surface area (Å²) in [5, 5.41) is 20.6. The predicted molar refractivity (Wildman–Crippen MR) is 53.6 cm³/mol. The Bertz CT molecular complexity index is 181. The Kier molecular flexibility index (Phi) is 5.68. The van der Waals surface area contributed by atoms with Gasteiger partial charge in [0, 0.05) is 19.0 Å². The zero-order valence-electron chi connectivity index (χ0n) is 8.79. The molecular formula is C9H20N2O3. The maximum Gasteiger partial charge on any atom is 0.220 e. The Labute approximate surface area is 84.3 Å². The van der Waals surface area contributed by atoms with Crippen molar-refractivity contribution in [3.63, 3.8) is 0 Å². The molecule has 0 bridgehead atoms. The number of hydrogen-bond donors (Lipinski definition) is 4. The molecule has 0 aromatic rings. The van der Waals surface area contributed by atoms with E-state index in [4.69, 9.17) is 10.8 Å². The highest BCUT2D eigenvalue weighted by molar-refractivity contribution is 5.75. The maximum absolute atomic E-state index is 11.2. The molecule has 0 radical (unpaired) electrons. The lowest BCUT2D eigenvalue weighted by Crippen LogP contribution is -2.43. The van der Waals surface area contributed by atoms with Crippen molar-refractivity contribution in [1.82, 2.24) is 5.32 Å². The molecule has 84 valence electrons. The fraction of sp³-hybridized carbons (Fsp3) is 0.889. The van der Waals surface area contributed by atoms with Crippen molar-refractivity contribution in [2.45, 2.75) is 38.3 Å². The molecule has 0 aliphatic carbocycles. The van der Waals surface area contributed by atoms with Crippen LogP contribution in [0.1, 0.15) is 26.7 Å². The zero-order valence-corrected chi connectivity index (χ0v) is 8.79. The average molecular weight is 204 g/mol. The van der Waals surface area contributed by atoms with Gasteiger partial charge in [-0.25, -0.2) is 0 Å². The average Bonchev–Trinajstić information content (AvgIpc) is 2.11. The first-order chi connectivity index (χ1) is 6.37. The summed E-state index contributed by atoms with van der Waals surface area (Å²) in [6, 6.07) is -0.000831. The van der Waals surface area contributed by atoms with Gasteiger partial charge in [-0.15, -0.1) is 0 Å². The quantitative estimate of drug-likeness (QED) is 0.445. The molecule has 0 aliphatic heterocycles. The number of rotatable bonds is 6. The number of aliphatic hydroxyl groups excluding tert-OH is 1. The van der Waals surface area contributed by atoms with Crippen LogP contribution in [-0.2, 0) is 4.79 Å². The normalized spacial score (nSPS) is 17.2. The summed E-state index contributed by atoms with van der Waals surface area (Å²) in [7, 11) is 0. The molecule has 2 unspecified atom stereocenters. The molecule has 14 heavy (non-hydrogen) atoms. The number of carbonyl (C=O) groups is 1. The number of nitrogens with two attached hydrogens (primary N) is 1. The van der Waals surface area contributed by atoms with Gasteiger partial charge in [-0.05, 0) is 20.3 Å². The molecule has 0 rings (SSSR count). The number of aliphatic hydroxyl groups is 2. The third-order valence-electron chi connectivity index (χ3n) is 1.83. The number of carbonyl (C=O) groups excluding carboxylic acids is 1. The Balaban J connectivity index is 3.64. The van der Waals surface area contributed by atoms with Crippen molar-refractivity contribution in [3.05, 3.63) is 0 Å². The van der Waals surface area contributed by atoms with Crippen LogP contribution in [0.15, 0.2) is 0 Å². The van der Waals surface area contributed by atoms with E-state index in [1.165, 1.54) is 6.92 Å². The summed E-state index contributed by atoms with van der Waals surface area (Å²) in [6.07, 6.45) is 0.965.